The molecule has 5 fully saturated rings. The van der Waals surface area contributed by atoms with Crippen molar-refractivity contribution in [1.29, 1.82) is 0 Å². The van der Waals surface area contributed by atoms with E-state index < -0.39 is 0 Å². The first-order chi connectivity index (χ1) is 11.3. The molecule has 4 nitrogen and oxygen atoms in total. The molecule has 2 spiro atoms. The zero-order chi connectivity index (χ0) is 17.0. The van der Waals surface area contributed by atoms with Crippen molar-refractivity contribution in [1.82, 2.24) is 9.55 Å². The lowest BCUT2D eigenvalue weighted by atomic mass is 9.16. The molecule has 0 N–H and O–H groups in total. The van der Waals surface area contributed by atoms with Crippen LogP contribution in [-0.4, -0.2) is 26.6 Å². The van der Waals surface area contributed by atoms with Gasteiger partial charge >= 0.3 is 0 Å². The van der Waals surface area contributed by atoms with E-state index in [1.807, 2.05) is 6.20 Å². The molecule has 0 radical (unpaired) electrons. The second kappa shape index (κ2) is 4.12. The maximum absolute atomic E-state index is 12.8. The quantitative estimate of drug-likeness (QED) is 0.730. The molecule has 5 aliphatic carbocycles. The number of carbonyl (C=O) groups is 1. The molecule has 0 aromatic carbocycles. The van der Waals surface area contributed by atoms with E-state index in [1.54, 1.807) is 17.1 Å². The fourth-order valence-corrected chi connectivity index (χ4v) is 7.41. The molecule has 5 atom stereocenters. The van der Waals surface area contributed by atoms with Crippen molar-refractivity contribution in [2.45, 2.75) is 59.0 Å². The van der Waals surface area contributed by atoms with Crippen molar-refractivity contribution in [2.24, 2.45) is 27.6 Å². The Morgan fingerprint density at radius 2 is 2.21 bits per heavy atom. The van der Waals surface area contributed by atoms with Gasteiger partial charge in [-0.1, -0.05) is 20.8 Å². The molecule has 1 heterocycles. The molecule has 5 heteroatoms. The number of thiocarbonyl (C=S) groups is 1. The van der Waals surface area contributed by atoms with Crippen LogP contribution in [0.15, 0.2) is 18.7 Å². The Morgan fingerprint density at radius 1 is 1.42 bits per heavy atom. The van der Waals surface area contributed by atoms with Crippen LogP contribution in [0.1, 0.15) is 52.9 Å². The predicted molar refractivity (Wildman–Crippen MR) is 93.4 cm³/mol. The molecule has 0 saturated heterocycles. The van der Waals surface area contributed by atoms with Gasteiger partial charge in [0.15, 0.2) is 0 Å². The van der Waals surface area contributed by atoms with Gasteiger partial charge < -0.3 is 4.74 Å². The van der Waals surface area contributed by atoms with Crippen LogP contribution in [-0.2, 0) is 9.53 Å². The highest BCUT2D eigenvalue weighted by molar-refractivity contribution is 7.80. The van der Waals surface area contributed by atoms with E-state index >= 15 is 0 Å². The van der Waals surface area contributed by atoms with E-state index in [0.29, 0.717) is 22.3 Å². The summed E-state index contributed by atoms with van der Waals surface area (Å²) < 4.78 is 8.01. The number of aromatic nitrogens is 2. The van der Waals surface area contributed by atoms with Crippen molar-refractivity contribution < 1.29 is 9.53 Å². The first kappa shape index (κ1) is 15.1. The Labute approximate surface area is 148 Å². The molecule has 128 valence electrons. The van der Waals surface area contributed by atoms with Crippen LogP contribution in [0, 0.1) is 27.6 Å². The summed E-state index contributed by atoms with van der Waals surface area (Å²) in [5, 5.41) is 0.467. The van der Waals surface area contributed by atoms with E-state index in [-0.39, 0.29) is 22.3 Å². The van der Waals surface area contributed by atoms with Crippen molar-refractivity contribution in [3.8, 4) is 0 Å². The second-order valence-electron chi connectivity index (χ2n) is 9.29. The number of carbonyl (C=O) groups excluding carboxylic acids is 1. The number of nitrogens with zero attached hydrogens (tertiary/aromatic N) is 2. The molecule has 5 aliphatic rings. The Hall–Kier alpha value is -1.23. The number of ketones is 1. The van der Waals surface area contributed by atoms with Crippen molar-refractivity contribution in [2.75, 3.05) is 0 Å². The van der Waals surface area contributed by atoms with Crippen LogP contribution in [0.2, 0.25) is 0 Å². The van der Waals surface area contributed by atoms with Crippen molar-refractivity contribution >= 4 is 23.2 Å². The van der Waals surface area contributed by atoms with E-state index in [4.69, 9.17) is 17.0 Å². The summed E-state index contributed by atoms with van der Waals surface area (Å²) in [5.41, 5.74) is 0.462. The lowest BCUT2D eigenvalue weighted by molar-refractivity contribution is -0.375. The number of fused-ring (bicyclic) bond motifs is 1. The van der Waals surface area contributed by atoms with Crippen LogP contribution in [0.25, 0.3) is 0 Å². The molecule has 0 aliphatic heterocycles. The second-order valence-corrected chi connectivity index (χ2v) is 9.64. The molecule has 0 amide bonds. The summed E-state index contributed by atoms with van der Waals surface area (Å²) in [6, 6.07) is 0. The average Bonchev–Trinajstić information content (AvgIpc) is 3.04. The highest BCUT2D eigenvalue weighted by atomic mass is 32.1. The Morgan fingerprint density at radius 3 is 2.88 bits per heavy atom. The minimum atomic E-state index is -0.0379. The lowest BCUT2D eigenvalue weighted by Gasteiger charge is -2.87. The fourth-order valence-electron chi connectivity index (χ4n) is 7.19. The Kier molecular flexibility index (Phi) is 2.58. The van der Waals surface area contributed by atoms with Crippen molar-refractivity contribution in [3.63, 3.8) is 0 Å². The van der Waals surface area contributed by atoms with Gasteiger partial charge in [-0.3, -0.25) is 9.36 Å². The summed E-state index contributed by atoms with van der Waals surface area (Å²) >= 11 is 5.47. The Bertz CT molecular complexity index is 757. The molecular formula is C19H24N2O2S. The van der Waals surface area contributed by atoms with Gasteiger partial charge in [0.25, 0.3) is 5.17 Å². The lowest BCUT2D eigenvalue weighted by Crippen LogP contribution is -2.84. The highest BCUT2D eigenvalue weighted by Gasteiger charge is 2.87. The maximum Gasteiger partial charge on any atom is 0.269 e. The molecular weight excluding hydrogens is 320 g/mol. The summed E-state index contributed by atoms with van der Waals surface area (Å²) in [4.78, 5) is 16.8. The van der Waals surface area contributed by atoms with Gasteiger partial charge in [-0.2, -0.15) is 0 Å². The van der Waals surface area contributed by atoms with Crippen LogP contribution < -0.4 is 0 Å². The van der Waals surface area contributed by atoms with Crippen molar-refractivity contribution in [3.05, 3.63) is 18.7 Å². The maximum atomic E-state index is 12.8. The highest BCUT2D eigenvalue weighted by Crippen LogP contribution is 2.90. The average molecular weight is 344 g/mol. The first-order valence-corrected chi connectivity index (χ1v) is 9.40. The van der Waals surface area contributed by atoms with E-state index in [9.17, 15) is 4.79 Å². The molecule has 1 aromatic heterocycles. The molecule has 24 heavy (non-hydrogen) atoms. The fraction of sp³-hybridized carbons (Fsp3) is 0.737. The molecule has 5 saturated carbocycles. The third kappa shape index (κ3) is 1.34. The van der Waals surface area contributed by atoms with E-state index in [1.165, 1.54) is 12.8 Å². The number of hydrogen-bond acceptors (Lipinski definition) is 4. The van der Waals surface area contributed by atoms with Gasteiger partial charge in [-0.15, -0.1) is 0 Å². The molecule has 4 unspecified atom stereocenters. The normalized spacial score (nSPS) is 47.2. The number of Topliss-reactive ketones (excluding diaryl/α,β-unsaturated/α-hetero) is 1. The number of rotatable bonds is 1. The summed E-state index contributed by atoms with van der Waals surface area (Å²) in [6.07, 6.45) is 10.5. The van der Waals surface area contributed by atoms with E-state index in [2.05, 4.69) is 25.8 Å². The molecule has 4 bridgehead atoms. The van der Waals surface area contributed by atoms with Gasteiger partial charge in [0, 0.05) is 29.6 Å². The topological polar surface area (TPSA) is 44.1 Å². The number of hydrogen-bond donors (Lipinski definition) is 0. The van der Waals surface area contributed by atoms with Gasteiger partial charge in [-0.05, 0) is 54.6 Å². The predicted octanol–water partition coefficient (Wildman–Crippen LogP) is 3.60. The van der Waals surface area contributed by atoms with Crippen LogP contribution in [0.5, 0.6) is 0 Å². The summed E-state index contributed by atoms with van der Waals surface area (Å²) in [5.74, 6) is 1.11. The van der Waals surface area contributed by atoms with Gasteiger partial charge in [0.05, 0.1) is 0 Å². The van der Waals surface area contributed by atoms with Crippen LogP contribution >= 0.6 is 12.2 Å². The zero-order valence-electron chi connectivity index (χ0n) is 14.5. The van der Waals surface area contributed by atoms with Crippen LogP contribution in [0.4, 0.5) is 0 Å². The zero-order valence-corrected chi connectivity index (χ0v) is 15.4. The number of ether oxygens (including phenoxy) is 1. The van der Waals surface area contributed by atoms with Gasteiger partial charge in [-0.25, -0.2) is 4.98 Å². The third-order valence-electron chi connectivity index (χ3n) is 8.57. The SMILES string of the molecule is CC12CC34CCC(OC(=S)n5ccnc5)C(C)(C)[C@]3(CC1=O)CC24. The van der Waals surface area contributed by atoms with Gasteiger partial charge in [0.2, 0.25) is 0 Å². The molecule has 1 aromatic rings. The monoisotopic (exact) mass is 344 g/mol. The van der Waals surface area contributed by atoms with E-state index in [0.717, 1.165) is 19.3 Å². The van der Waals surface area contributed by atoms with Crippen LogP contribution in [0.3, 0.4) is 0 Å². The first-order valence-electron chi connectivity index (χ1n) is 8.99. The standard InChI is InChI=1S/C19H24N2O2S/c1-16(2)14(23-15(24)21-7-6-20-11-21)4-5-18-10-17(3)12(18)8-19(16,18)9-13(17)22/h6-7,11-12,14H,4-5,8-10H2,1-3H3/t12?,14?,17?,18?,19-/m1/s1. The number of imidazole rings is 1. The summed E-state index contributed by atoms with van der Waals surface area (Å²) in [7, 11) is 0. The summed E-state index contributed by atoms with van der Waals surface area (Å²) in [6.45, 7) is 6.82. The van der Waals surface area contributed by atoms with Gasteiger partial charge in [0.1, 0.15) is 18.2 Å². The smallest absolute Gasteiger partial charge is 0.269 e. The minimum Gasteiger partial charge on any atom is -0.467 e. The Balaban J connectivity index is 1.46. The minimum absolute atomic E-state index is 0.0162. The third-order valence-corrected chi connectivity index (χ3v) is 8.88. The largest absolute Gasteiger partial charge is 0.467 e. The molecule has 6 rings (SSSR count).